The van der Waals surface area contributed by atoms with Crippen LogP contribution in [0.25, 0.3) is 0 Å². The van der Waals surface area contributed by atoms with Gasteiger partial charge >= 0.3 is 0 Å². The van der Waals surface area contributed by atoms with Gasteiger partial charge in [0, 0.05) is 6.61 Å². The fourth-order valence-corrected chi connectivity index (χ4v) is 2.34. The molecule has 0 bridgehead atoms. The standard InChI is InChI=1S/C10H19BO/c1-6-7(2)9(4)10(5-12-11)8(6)3/h7-10H,1,5,11H2,2-4H3. The normalized spacial score (nSPS) is 42.1. The zero-order valence-electron chi connectivity index (χ0n) is 8.63. The second-order valence-electron chi connectivity index (χ2n) is 4.13. The lowest BCUT2D eigenvalue weighted by Gasteiger charge is -2.19. The maximum atomic E-state index is 5.22. The number of allylic oxidation sites excluding steroid dienone is 1. The topological polar surface area (TPSA) is 9.23 Å². The molecule has 0 heterocycles. The van der Waals surface area contributed by atoms with Crippen molar-refractivity contribution in [3.63, 3.8) is 0 Å². The third kappa shape index (κ3) is 1.45. The fourth-order valence-electron chi connectivity index (χ4n) is 2.34. The Bertz CT molecular complexity index is 179. The molecule has 4 atom stereocenters. The molecule has 0 saturated heterocycles. The molecule has 0 radical (unpaired) electrons. The Kier molecular flexibility index (Phi) is 3.00. The van der Waals surface area contributed by atoms with Crippen molar-refractivity contribution in [1.29, 1.82) is 0 Å². The molecule has 0 N–H and O–H groups in total. The quantitative estimate of drug-likeness (QED) is 0.447. The van der Waals surface area contributed by atoms with Crippen LogP contribution in [-0.2, 0) is 4.65 Å². The highest BCUT2D eigenvalue weighted by molar-refractivity contribution is 5.97. The van der Waals surface area contributed by atoms with Crippen LogP contribution in [0.4, 0.5) is 0 Å². The molecule has 1 nitrogen and oxygen atoms in total. The van der Waals surface area contributed by atoms with Crippen molar-refractivity contribution in [2.45, 2.75) is 20.8 Å². The molecule has 0 aromatic rings. The van der Waals surface area contributed by atoms with E-state index in [-0.39, 0.29) is 0 Å². The Hall–Kier alpha value is -0.235. The van der Waals surface area contributed by atoms with Gasteiger partial charge in [-0.15, -0.1) is 0 Å². The molecular formula is C10H19BO. The van der Waals surface area contributed by atoms with E-state index in [1.165, 1.54) is 5.57 Å². The number of hydrogen-bond donors (Lipinski definition) is 0. The minimum absolute atomic E-state index is 0.634. The van der Waals surface area contributed by atoms with Gasteiger partial charge in [-0.05, 0) is 23.7 Å². The average molecular weight is 166 g/mol. The Labute approximate surface area is 76.6 Å². The van der Waals surface area contributed by atoms with E-state index in [9.17, 15) is 0 Å². The summed E-state index contributed by atoms with van der Waals surface area (Å²) in [4.78, 5) is 0. The highest BCUT2D eigenvalue weighted by Gasteiger charge is 2.38. The maximum Gasteiger partial charge on any atom is 0.257 e. The first-order chi connectivity index (χ1) is 5.59. The largest absolute Gasteiger partial charge is 0.444 e. The fraction of sp³-hybridized carbons (Fsp3) is 0.800. The second-order valence-corrected chi connectivity index (χ2v) is 4.13. The van der Waals surface area contributed by atoms with Crippen LogP contribution in [0.3, 0.4) is 0 Å². The molecular weight excluding hydrogens is 147 g/mol. The van der Waals surface area contributed by atoms with E-state index in [2.05, 4.69) is 27.4 Å². The number of hydrogen-bond acceptors (Lipinski definition) is 1. The number of rotatable bonds is 2. The molecule has 2 heteroatoms. The highest BCUT2D eigenvalue weighted by atomic mass is 16.4. The second kappa shape index (κ2) is 3.65. The predicted octanol–water partition coefficient (Wildman–Crippen LogP) is 1.65. The van der Waals surface area contributed by atoms with Crippen LogP contribution >= 0.6 is 0 Å². The Morgan fingerprint density at radius 2 is 1.92 bits per heavy atom. The van der Waals surface area contributed by atoms with Crippen molar-refractivity contribution in [3.8, 4) is 0 Å². The summed E-state index contributed by atoms with van der Waals surface area (Å²) in [5.74, 6) is 2.71. The van der Waals surface area contributed by atoms with Crippen molar-refractivity contribution in [2.24, 2.45) is 23.7 Å². The molecule has 0 amide bonds. The van der Waals surface area contributed by atoms with Crippen molar-refractivity contribution in [2.75, 3.05) is 6.61 Å². The van der Waals surface area contributed by atoms with E-state index < -0.39 is 0 Å². The van der Waals surface area contributed by atoms with Crippen LogP contribution in [0.15, 0.2) is 12.2 Å². The van der Waals surface area contributed by atoms with Gasteiger partial charge in [-0.25, -0.2) is 0 Å². The summed E-state index contributed by atoms with van der Waals surface area (Å²) in [5.41, 5.74) is 1.41. The van der Waals surface area contributed by atoms with Crippen molar-refractivity contribution in [1.82, 2.24) is 0 Å². The summed E-state index contributed by atoms with van der Waals surface area (Å²) < 4.78 is 5.22. The summed E-state index contributed by atoms with van der Waals surface area (Å²) in [6.45, 7) is 11.9. The molecule has 12 heavy (non-hydrogen) atoms. The summed E-state index contributed by atoms with van der Waals surface area (Å²) in [7, 11) is 1.78. The molecule has 1 rings (SSSR count). The van der Waals surface area contributed by atoms with Crippen LogP contribution < -0.4 is 0 Å². The molecule has 0 spiro atoms. The molecule has 0 aromatic heterocycles. The van der Waals surface area contributed by atoms with Crippen molar-refractivity contribution in [3.05, 3.63) is 12.2 Å². The van der Waals surface area contributed by atoms with Crippen LogP contribution in [0.5, 0.6) is 0 Å². The first-order valence-electron chi connectivity index (χ1n) is 4.77. The lowest BCUT2D eigenvalue weighted by Crippen LogP contribution is -2.18. The van der Waals surface area contributed by atoms with E-state index in [4.69, 9.17) is 4.65 Å². The van der Waals surface area contributed by atoms with Crippen LogP contribution in [0.1, 0.15) is 20.8 Å². The molecule has 1 aliphatic carbocycles. The monoisotopic (exact) mass is 166 g/mol. The molecule has 0 aromatic carbocycles. The summed E-state index contributed by atoms with van der Waals surface area (Å²) in [5, 5.41) is 0. The van der Waals surface area contributed by atoms with Crippen molar-refractivity contribution >= 4 is 8.05 Å². The van der Waals surface area contributed by atoms with E-state index in [0.29, 0.717) is 17.8 Å². The Morgan fingerprint density at radius 3 is 2.25 bits per heavy atom. The third-order valence-electron chi connectivity index (χ3n) is 3.64. The van der Waals surface area contributed by atoms with Gasteiger partial charge in [0.25, 0.3) is 8.05 Å². The summed E-state index contributed by atoms with van der Waals surface area (Å²) in [6, 6.07) is 0. The molecule has 68 valence electrons. The first kappa shape index (κ1) is 9.85. The van der Waals surface area contributed by atoms with Gasteiger partial charge in [-0.1, -0.05) is 32.9 Å². The van der Waals surface area contributed by atoms with E-state index >= 15 is 0 Å². The van der Waals surface area contributed by atoms with Crippen molar-refractivity contribution < 1.29 is 4.65 Å². The van der Waals surface area contributed by atoms with Gasteiger partial charge in [0.2, 0.25) is 0 Å². The lowest BCUT2D eigenvalue weighted by atomic mass is 9.90. The van der Waals surface area contributed by atoms with Crippen LogP contribution in [0, 0.1) is 23.7 Å². The van der Waals surface area contributed by atoms with Crippen LogP contribution in [-0.4, -0.2) is 14.7 Å². The third-order valence-corrected chi connectivity index (χ3v) is 3.64. The van der Waals surface area contributed by atoms with E-state index in [1.54, 1.807) is 8.05 Å². The van der Waals surface area contributed by atoms with Gasteiger partial charge in [-0.3, -0.25) is 0 Å². The zero-order valence-corrected chi connectivity index (χ0v) is 8.63. The molecule has 1 aliphatic rings. The van der Waals surface area contributed by atoms with Gasteiger partial charge < -0.3 is 4.65 Å². The SMILES string of the molecule is BOCC1C(C)C(=C)C(C)C1C. The molecule has 0 aliphatic heterocycles. The minimum Gasteiger partial charge on any atom is -0.444 e. The van der Waals surface area contributed by atoms with Crippen LogP contribution in [0.2, 0.25) is 0 Å². The van der Waals surface area contributed by atoms with Gasteiger partial charge in [0.1, 0.15) is 0 Å². The van der Waals surface area contributed by atoms with Gasteiger partial charge in [0.15, 0.2) is 0 Å². The highest BCUT2D eigenvalue weighted by Crippen LogP contribution is 2.44. The maximum absolute atomic E-state index is 5.22. The van der Waals surface area contributed by atoms with E-state index in [1.807, 2.05) is 0 Å². The zero-order chi connectivity index (χ0) is 9.30. The minimum atomic E-state index is 0.634. The summed E-state index contributed by atoms with van der Waals surface area (Å²) >= 11 is 0. The first-order valence-corrected chi connectivity index (χ1v) is 4.77. The Morgan fingerprint density at radius 1 is 1.33 bits per heavy atom. The van der Waals surface area contributed by atoms with E-state index in [0.717, 1.165) is 12.5 Å². The lowest BCUT2D eigenvalue weighted by molar-refractivity contribution is 0.198. The molecule has 4 unspecified atom stereocenters. The van der Waals surface area contributed by atoms with Gasteiger partial charge in [0.05, 0.1) is 0 Å². The van der Waals surface area contributed by atoms with Gasteiger partial charge in [-0.2, -0.15) is 0 Å². The average Bonchev–Trinajstić information content (AvgIpc) is 2.23. The smallest absolute Gasteiger partial charge is 0.257 e. The molecule has 1 saturated carbocycles. The summed E-state index contributed by atoms with van der Waals surface area (Å²) in [6.07, 6.45) is 0. The Balaban J connectivity index is 2.69. The predicted molar refractivity (Wildman–Crippen MR) is 54.6 cm³/mol. The molecule has 1 fully saturated rings.